The van der Waals surface area contributed by atoms with Crippen LogP contribution in [-0.4, -0.2) is 9.97 Å². The molecule has 4 aromatic rings. The van der Waals surface area contributed by atoms with Crippen molar-refractivity contribution in [2.24, 2.45) is 0 Å². The van der Waals surface area contributed by atoms with Crippen LogP contribution in [0.2, 0.25) is 0 Å². The van der Waals surface area contributed by atoms with Crippen LogP contribution in [0.1, 0.15) is 21.3 Å². The third-order valence-electron chi connectivity index (χ3n) is 3.60. The minimum Gasteiger partial charge on any atom is -0.454 e. The Labute approximate surface area is 136 Å². The zero-order valence-electron chi connectivity index (χ0n) is 12.3. The molecule has 5 heteroatoms. The van der Waals surface area contributed by atoms with E-state index in [1.54, 1.807) is 22.7 Å². The number of aromatic nitrogens is 2. The van der Waals surface area contributed by atoms with Crippen molar-refractivity contribution >= 4 is 33.6 Å². The van der Waals surface area contributed by atoms with Gasteiger partial charge in [0.05, 0.1) is 11.4 Å². The largest absolute Gasteiger partial charge is 0.454 e. The van der Waals surface area contributed by atoms with Gasteiger partial charge in [-0.15, -0.1) is 22.7 Å². The van der Waals surface area contributed by atoms with Crippen LogP contribution >= 0.6 is 22.7 Å². The first-order chi connectivity index (χ1) is 10.7. The van der Waals surface area contributed by atoms with Gasteiger partial charge in [-0.25, -0.2) is 9.97 Å². The first-order valence-electron chi connectivity index (χ1n) is 7.04. The summed E-state index contributed by atoms with van der Waals surface area (Å²) in [6.07, 6.45) is 0.794. The van der Waals surface area contributed by atoms with Gasteiger partial charge in [-0.2, -0.15) is 0 Å². The third kappa shape index (κ3) is 2.36. The normalized spacial score (nSPS) is 11.4. The summed E-state index contributed by atoms with van der Waals surface area (Å²) in [6.45, 7) is 4.11. The summed E-state index contributed by atoms with van der Waals surface area (Å²) in [5.41, 5.74) is 4.06. The van der Waals surface area contributed by atoms with E-state index >= 15 is 0 Å². The van der Waals surface area contributed by atoms with E-state index in [1.807, 2.05) is 25.1 Å². The van der Waals surface area contributed by atoms with Gasteiger partial charge in [0.2, 0.25) is 0 Å². The SMILES string of the molecule is Cc1csc(Cc2nc(-c3oc4ccccc4c3C)cs2)n1. The first-order valence-corrected chi connectivity index (χ1v) is 8.80. The second-order valence-electron chi connectivity index (χ2n) is 5.24. The smallest absolute Gasteiger partial charge is 0.157 e. The molecule has 3 aromatic heterocycles. The molecule has 4 rings (SSSR count). The fourth-order valence-electron chi connectivity index (χ4n) is 2.53. The summed E-state index contributed by atoms with van der Waals surface area (Å²) >= 11 is 3.35. The minimum atomic E-state index is 0.794. The Bertz CT molecular complexity index is 949. The van der Waals surface area contributed by atoms with E-state index in [4.69, 9.17) is 9.40 Å². The molecule has 0 saturated heterocycles. The number of furan rings is 1. The van der Waals surface area contributed by atoms with Crippen molar-refractivity contribution in [3.05, 3.63) is 56.3 Å². The predicted octanol–water partition coefficient (Wildman–Crippen LogP) is 5.22. The number of nitrogens with zero attached hydrogens (tertiary/aromatic N) is 2. The van der Waals surface area contributed by atoms with Gasteiger partial charge in [0.15, 0.2) is 5.76 Å². The van der Waals surface area contributed by atoms with Gasteiger partial charge in [0, 0.05) is 27.4 Å². The van der Waals surface area contributed by atoms with Crippen molar-refractivity contribution in [1.29, 1.82) is 0 Å². The van der Waals surface area contributed by atoms with Gasteiger partial charge in [0.1, 0.15) is 16.3 Å². The summed E-state index contributed by atoms with van der Waals surface area (Å²) in [6, 6.07) is 8.11. The molecule has 0 amide bonds. The van der Waals surface area contributed by atoms with E-state index in [0.717, 1.165) is 50.1 Å². The van der Waals surface area contributed by atoms with Gasteiger partial charge in [-0.05, 0) is 19.9 Å². The molecule has 0 fully saturated rings. The highest BCUT2D eigenvalue weighted by molar-refractivity contribution is 7.11. The summed E-state index contributed by atoms with van der Waals surface area (Å²) in [4.78, 5) is 9.23. The summed E-state index contributed by atoms with van der Waals surface area (Å²) in [5, 5.41) is 7.49. The monoisotopic (exact) mass is 326 g/mol. The Hall–Kier alpha value is -1.98. The molecular weight excluding hydrogens is 312 g/mol. The zero-order chi connectivity index (χ0) is 15.1. The van der Waals surface area contributed by atoms with Crippen LogP contribution in [-0.2, 0) is 6.42 Å². The Kier molecular flexibility index (Phi) is 3.32. The van der Waals surface area contributed by atoms with Crippen molar-refractivity contribution in [2.45, 2.75) is 20.3 Å². The minimum absolute atomic E-state index is 0.794. The van der Waals surface area contributed by atoms with Crippen LogP contribution < -0.4 is 0 Å². The van der Waals surface area contributed by atoms with Gasteiger partial charge < -0.3 is 4.42 Å². The molecule has 0 aliphatic carbocycles. The van der Waals surface area contributed by atoms with Crippen LogP contribution in [0.25, 0.3) is 22.4 Å². The molecule has 1 aromatic carbocycles. The maximum absolute atomic E-state index is 5.98. The molecule has 0 atom stereocenters. The number of hydrogen-bond donors (Lipinski definition) is 0. The molecule has 110 valence electrons. The highest BCUT2D eigenvalue weighted by atomic mass is 32.1. The molecule has 0 spiro atoms. The summed E-state index contributed by atoms with van der Waals surface area (Å²) in [5.74, 6) is 0.874. The quantitative estimate of drug-likeness (QED) is 0.518. The van der Waals surface area contributed by atoms with Crippen LogP contribution in [0.4, 0.5) is 0 Å². The highest BCUT2D eigenvalue weighted by Gasteiger charge is 2.15. The maximum atomic E-state index is 5.98. The van der Waals surface area contributed by atoms with Gasteiger partial charge in [0.25, 0.3) is 0 Å². The number of thiazole rings is 2. The second kappa shape index (κ2) is 5.34. The lowest BCUT2D eigenvalue weighted by Crippen LogP contribution is -1.87. The molecule has 3 nitrogen and oxygen atoms in total. The molecule has 0 aliphatic rings. The van der Waals surface area contributed by atoms with Crippen molar-refractivity contribution in [1.82, 2.24) is 9.97 Å². The van der Waals surface area contributed by atoms with Crippen LogP contribution in [0, 0.1) is 13.8 Å². The topological polar surface area (TPSA) is 38.9 Å². The van der Waals surface area contributed by atoms with E-state index in [1.165, 1.54) is 0 Å². The van der Waals surface area contributed by atoms with Gasteiger partial charge in [-0.1, -0.05) is 18.2 Å². The average Bonchev–Trinajstić information content (AvgIpc) is 3.21. The van der Waals surface area contributed by atoms with Crippen LogP contribution in [0.5, 0.6) is 0 Å². The Balaban J connectivity index is 1.69. The van der Waals surface area contributed by atoms with Crippen LogP contribution in [0.15, 0.2) is 39.4 Å². The summed E-state index contributed by atoms with van der Waals surface area (Å²) < 4.78 is 5.98. The lowest BCUT2D eigenvalue weighted by atomic mass is 10.1. The fourth-order valence-corrected chi connectivity index (χ4v) is 4.17. The molecule has 0 bridgehead atoms. The van der Waals surface area contributed by atoms with Crippen LogP contribution in [0.3, 0.4) is 0 Å². The Morgan fingerprint density at radius 2 is 1.77 bits per heavy atom. The first kappa shape index (κ1) is 13.7. The number of para-hydroxylation sites is 1. The number of rotatable bonds is 3. The number of fused-ring (bicyclic) bond motifs is 1. The lowest BCUT2D eigenvalue weighted by molar-refractivity contribution is 0.626. The van der Waals surface area contributed by atoms with Crippen molar-refractivity contribution in [3.8, 4) is 11.5 Å². The van der Waals surface area contributed by atoms with E-state index in [-0.39, 0.29) is 0 Å². The Morgan fingerprint density at radius 1 is 1.00 bits per heavy atom. The zero-order valence-corrected chi connectivity index (χ0v) is 13.9. The van der Waals surface area contributed by atoms with Gasteiger partial charge in [-0.3, -0.25) is 0 Å². The number of hydrogen-bond acceptors (Lipinski definition) is 5. The standard InChI is InChI=1S/C17H14N2OS2/c1-10-8-21-15(18-10)7-16-19-13(9-22-16)17-11(2)12-5-3-4-6-14(12)20-17/h3-6,8-9H,7H2,1-2H3. The lowest BCUT2D eigenvalue weighted by Gasteiger charge is -1.93. The molecular formula is C17H14N2OS2. The molecule has 0 saturated carbocycles. The molecule has 3 heterocycles. The molecule has 0 unspecified atom stereocenters. The van der Waals surface area contributed by atoms with Crippen molar-refractivity contribution < 1.29 is 4.42 Å². The van der Waals surface area contributed by atoms with Crippen molar-refractivity contribution in [3.63, 3.8) is 0 Å². The van der Waals surface area contributed by atoms with E-state index in [2.05, 4.69) is 28.7 Å². The highest BCUT2D eigenvalue weighted by Crippen LogP contribution is 2.33. The molecule has 22 heavy (non-hydrogen) atoms. The fraction of sp³-hybridized carbons (Fsp3) is 0.176. The molecule has 0 radical (unpaired) electrons. The molecule has 0 N–H and O–H groups in total. The number of aryl methyl sites for hydroxylation is 2. The third-order valence-corrected chi connectivity index (χ3v) is 5.41. The average molecular weight is 326 g/mol. The van der Waals surface area contributed by atoms with E-state index in [9.17, 15) is 0 Å². The van der Waals surface area contributed by atoms with E-state index in [0.29, 0.717) is 0 Å². The maximum Gasteiger partial charge on any atom is 0.157 e. The molecule has 0 aliphatic heterocycles. The van der Waals surface area contributed by atoms with Gasteiger partial charge >= 0.3 is 0 Å². The predicted molar refractivity (Wildman–Crippen MR) is 91.7 cm³/mol. The Morgan fingerprint density at radius 3 is 2.55 bits per heavy atom. The number of benzene rings is 1. The summed E-state index contributed by atoms with van der Waals surface area (Å²) in [7, 11) is 0. The van der Waals surface area contributed by atoms with E-state index < -0.39 is 0 Å². The second-order valence-corrected chi connectivity index (χ2v) is 7.12. The van der Waals surface area contributed by atoms with Crippen molar-refractivity contribution in [2.75, 3.05) is 0 Å².